The third kappa shape index (κ3) is 8.65. The van der Waals surface area contributed by atoms with Gasteiger partial charge in [-0.15, -0.1) is 0 Å². The number of aryl methyl sites for hydroxylation is 1. The molecule has 3 aliphatic rings. The van der Waals surface area contributed by atoms with Crippen molar-refractivity contribution in [2.24, 2.45) is 23.7 Å². The smallest absolute Gasteiger partial charge is 0.425 e. The molecule has 310 valence electrons. The minimum Gasteiger partial charge on any atom is -0.458 e. The molecule has 3 saturated heterocycles. The lowest BCUT2D eigenvalue weighted by Gasteiger charge is -2.47. The number of hydrazine groups is 1. The van der Waals surface area contributed by atoms with Crippen LogP contribution in [-0.4, -0.2) is 125 Å². The Morgan fingerprint density at radius 2 is 1.70 bits per heavy atom. The maximum atomic E-state index is 14.6. The minimum absolute atomic E-state index is 0.115. The van der Waals surface area contributed by atoms with Crippen molar-refractivity contribution in [3.8, 4) is 0 Å². The van der Waals surface area contributed by atoms with Crippen LogP contribution in [0.4, 0.5) is 4.79 Å². The Kier molecular flexibility index (Phi) is 13.6. The van der Waals surface area contributed by atoms with E-state index in [1.54, 1.807) is 47.7 Å². The molecule has 0 aliphatic carbocycles. The van der Waals surface area contributed by atoms with Crippen LogP contribution in [0.1, 0.15) is 80.2 Å². The van der Waals surface area contributed by atoms with Crippen molar-refractivity contribution in [2.75, 3.05) is 27.7 Å². The van der Waals surface area contributed by atoms with E-state index < -0.39 is 83.4 Å². The highest BCUT2D eigenvalue weighted by molar-refractivity contribution is 6.00. The van der Waals surface area contributed by atoms with E-state index >= 15 is 0 Å². The fourth-order valence-corrected chi connectivity index (χ4v) is 9.00. The zero-order valence-electron chi connectivity index (χ0n) is 34.8. The third-order valence-electron chi connectivity index (χ3n) is 12.5. The van der Waals surface area contributed by atoms with Crippen LogP contribution in [0.25, 0.3) is 10.9 Å². The zero-order chi connectivity index (χ0) is 41.3. The Morgan fingerprint density at radius 1 is 1.00 bits per heavy atom. The molecule has 2 aromatic rings. The second kappa shape index (κ2) is 17.5. The number of amides is 1. The van der Waals surface area contributed by atoms with Gasteiger partial charge >= 0.3 is 12.1 Å². The van der Waals surface area contributed by atoms with Crippen molar-refractivity contribution in [2.45, 2.75) is 135 Å². The summed E-state index contributed by atoms with van der Waals surface area (Å²) in [5, 5.41) is 13.8. The molecular formula is C42H62N4O10. The van der Waals surface area contributed by atoms with Gasteiger partial charge in [0.15, 0.2) is 17.7 Å². The van der Waals surface area contributed by atoms with Crippen LogP contribution in [0.15, 0.2) is 36.5 Å². The number of methoxy groups -OCH3 is 1. The first-order valence-electron chi connectivity index (χ1n) is 19.9. The first kappa shape index (κ1) is 43.6. The molecule has 1 aromatic carbocycles. The van der Waals surface area contributed by atoms with Crippen molar-refractivity contribution < 1.29 is 48.0 Å². The van der Waals surface area contributed by atoms with Gasteiger partial charge < -0.3 is 33.7 Å². The number of nitrogens with zero attached hydrogens (tertiary/aromatic N) is 3. The van der Waals surface area contributed by atoms with Crippen LogP contribution < -0.4 is 5.43 Å². The molecule has 5 rings (SSSR count). The summed E-state index contributed by atoms with van der Waals surface area (Å²) in [5.74, 6) is -5.11. The molecule has 1 aromatic heterocycles. The number of esters is 1. The summed E-state index contributed by atoms with van der Waals surface area (Å²) in [6.07, 6.45) is -1.39. The summed E-state index contributed by atoms with van der Waals surface area (Å²) in [7, 11) is 5.22. The molecule has 0 spiro atoms. The summed E-state index contributed by atoms with van der Waals surface area (Å²) >= 11 is 0. The van der Waals surface area contributed by atoms with Gasteiger partial charge in [-0.05, 0) is 92.1 Å². The summed E-state index contributed by atoms with van der Waals surface area (Å²) in [6, 6.07) is 8.74. The topological polar surface area (TPSA) is 166 Å². The first-order chi connectivity index (χ1) is 26.3. The number of aliphatic hydroxyl groups is 1. The molecule has 56 heavy (non-hydrogen) atoms. The largest absolute Gasteiger partial charge is 0.458 e. The number of ketones is 2. The molecule has 0 bridgehead atoms. The predicted molar refractivity (Wildman–Crippen MR) is 208 cm³/mol. The quantitative estimate of drug-likeness (QED) is 0.208. The summed E-state index contributed by atoms with van der Waals surface area (Å²) in [4.78, 5) is 62.7. The maximum Gasteiger partial charge on any atom is 0.425 e. The predicted octanol–water partition coefficient (Wildman–Crippen LogP) is 4.49. The Labute approximate surface area is 330 Å². The van der Waals surface area contributed by atoms with Gasteiger partial charge in [-0.25, -0.2) is 15.2 Å². The van der Waals surface area contributed by atoms with Crippen molar-refractivity contribution in [3.63, 3.8) is 0 Å². The van der Waals surface area contributed by atoms with Gasteiger partial charge in [0.05, 0.1) is 23.3 Å². The highest BCUT2D eigenvalue weighted by Crippen LogP contribution is 2.42. The van der Waals surface area contributed by atoms with Gasteiger partial charge in [0, 0.05) is 49.0 Å². The summed E-state index contributed by atoms with van der Waals surface area (Å²) < 4.78 is 30.8. The number of aromatic nitrogens is 1. The number of pyridine rings is 1. The molecule has 0 radical (unpaired) electrons. The number of carbonyl (C=O) groups excluding carboxylic acids is 4. The van der Waals surface area contributed by atoms with Crippen molar-refractivity contribution in [1.29, 1.82) is 0 Å². The fraction of sp³-hybridized carbons (Fsp3) is 0.690. The number of cyclic esters (lactones) is 1. The van der Waals surface area contributed by atoms with Crippen LogP contribution >= 0.6 is 0 Å². The number of carbonyl (C=O) groups is 4. The second-order valence-electron chi connectivity index (χ2n) is 16.8. The van der Waals surface area contributed by atoms with Gasteiger partial charge in [-0.2, -0.15) is 0 Å². The lowest BCUT2D eigenvalue weighted by atomic mass is 9.74. The highest BCUT2D eigenvalue weighted by Gasteiger charge is 2.60. The molecule has 2 unspecified atom stereocenters. The Balaban J connectivity index is 1.44. The average Bonchev–Trinajstić information content (AvgIpc) is 3.43. The van der Waals surface area contributed by atoms with Crippen molar-refractivity contribution in [1.82, 2.24) is 20.3 Å². The minimum atomic E-state index is -1.46. The normalized spacial score (nSPS) is 37.7. The second-order valence-corrected chi connectivity index (χ2v) is 16.8. The molecule has 3 aliphatic heterocycles. The molecule has 14 nitrogen and oxygen atoms in total. The van der Waals surface area contributed by atoms with Crippen LogP contribution in [0.2, 0.25) is 0 Å². The number of Topliss-reactive ketones (excluding diaryl/α,β-unsaturated/α-hetero) is 2. The van der Waals surface area contributed by atoms with Gasteiger partial charge in [0.2, 0.25) is 0 Å². The van der Waals surface area contributed by atoms with E-state index in [2.05, 4.69) is 10.4 Å². The van der Waals surface area contributed by atoms with E-state index in [9.17, 15) is 24.3 Å². The lowest BCUT2D eigenvalue weighted by molar-refractivity contribution is -0.295. The number of fused-ring (bicyclic) bond motifs is 2. The number of para-hydroxylation sites is 1. The number of aliphatic hydroxyl groups excluding tert-OH is 1. The van der Waals surface area contributed by atoms with E-state index in [0.29, 0.717) is 25.8 Å². The van der Waals surface area contributed by atoms with E-state index in [1.807, 2.05) is 56.3 Å². The average molecular weight is 783 g/mol. The van der Waals surface area contributed by atoms with Gasteiger partial charge in [-0.1, -0.05) is 39.0 Å². The number of hydrogen-bond donors (Lipinski definition) is 2. The van der Waals surface area contributed by atoms with Crippen LogP contribution in [-0.2, 0) is 44.5 Å². The lowest BCUT2D eigenvalue weighted by Crippen LogP contribution is -2.61. The molecule has 4 heterocycles. The molecule has 2 N–H and O–H groups in total. The number of likely N-dealkylation sites (N-methyl/N-ethyl adjacent to an activating group) is 1. The zero-order valence-corrected chi connectivity index (χ0v) is 34.8. The van der Waals surface area contributed by atoms with Crippen LogP contribution in [0.3, 0.4) is 0 Å². The third-order valence-corrected chi connectivity index (χ3v) is 12.5. The van der Waals surface area contributed by atoms with E-state index in [4.69, 9.17) is 23.7 Å². The number of ether oxygens (including phenoxy) is 5. The molecule has 1 amide bonds. The van der Waals surface area contributed by atoms with E-state index in [-0.39, 0.29) is 24.3 Å². The first-order valence-corrected chi connectivity index (χ1v) is 19.9. The Morgan fingerprint density at radius 3 is 2.38 bits per heavy atom. The summed E-state index contributed by atoms with van der Waals surface area (Å²) in [5.41, 5.74) is 2.53. The Bertz CT molecular complexity index is 1740. The Hall–Kier alpha value is -3.53. The van der Waals surface area contributed by atoms with Gasteiger partial charge in [0.1, 0.15) is 30.0 Å². The standard InChI is InChI=1S/C42H62N4O10/c1-23-22-41(7,52-11)37(55-39-35(49)32(45(9)10)21-24(2)53-39)26(4)34(48)27(5)38(50)54-28(6)42(8)36(25(3)33(23)47)46(40(51)56-42)44-19-14-15-29-18-20-43-31-17-13-12-16-30(29)31/h12-13,16-18,20,23-28,32,35-37,39,44,49H,14-15,19,21-22H2,1-11H3/t23-,24-,25+,26+,27-,28-,32+,35-,36?,37-,39?,41+,42-/m1/s1. The van der Waals surface area contributed by atoms with Gasteiger partial charge in [-0.3, -0.25) is 19.4 Å². The van der Waals surface area contributed by atoms with Crippen LogP contribution in [0, 0.1) is 23.7 Å². The fourth-order valence-electron chi connectivity index (χ4n) is 9.00. The SMILES string of the molecule is CO[C@@]1(C)C[C@@H](C)C(=O)[C@H](C)C2N(NCCCc3ccnc4ccccc34)C(=O)O[C@]2(C)[C@@H](C)OC(=O)[C@H](C)C(=O)[C@H](C)[C@H]1OC1O[C@H](C)C[C@H](N(C)C)[C@H]1O. The molecule has 3 fully saturated rings. The van der Waals surface area contributed by atoms with Crippen molar-refractivity contribution in [3.05, 3.63) is 42.1 Å². The van der Waals surface area contributed by atoms with Gasteiger partial charge in [0.25, 0.3) is 0 Å². The molecular weight excluding hydrogens is 720 g/mol. The molecule has 13 atom stereocenters. The molecule has 14 heteroatoms. The van der Waals surface area contributed by atoms with E-state index in [1.165, 1.54) is 19.0 Å². The monoisotopic (exact) mass is 782 g/mol. The number of hydrogen-bond acceptors (Lipinski definition) is 13. The number of rotatable bonds is 9. The van der Waals surface area contributed by atoms with E-state index in [0.717, 1.165) is 16.5 Å². The highest BCUT2D eigenvalue weighted by atomic mass is 16.7. The maximum absolute atomic E-state index is 14.6. The summed E-state index contributed by atoms with van der Waals surface area (Å²) in [6.45, 7) is 14.0. The van der Waals surface area contributed by atoms with Crippen molar-refractivity contribution >= 4 is 34.5 Å². The van der Waals surface area contributed by atoms with Crippen LogP contribution in [0.5, 0.6) is 0 Å². The number of nitrogens with one attached hydrogen (secondary N) is 1. The molecule has 0 saturated carbocycles. The number of benzene rings is 1.